The highest BCUT2D eigenvalue weighted by molar-refractivity contribution is 7.99. The molecule has 0 fully saturated rings. The highest BCUT2D eigenvalue weighted by atomic mass is 35.5. The monoisotopic (exact) mass is 382 g/mol. The molecule has 0 saturated heterocycles. The van der Waals surface area contributed by atoms with Gasteiger partial charge in [-0.3, -0.25) is 4.79 Å². The zero-order valence-electron chi connectivity index (χ0n) is 13.9. The van der Waals surface area contributed by atoms with Gasteiger partial charge in [0, 0.05) is 10.3 Å². The lowest BCUT2D eigenvalue weighted by Crippen LogP contribution is -2.10. The molecule has 4 rings (SSSR count). The molecule has 0 unspecified atom stereocenters. The molecule has 5 nitrogen and oxygen atoms in total. The second kappa shape index (κ2) is 6.97. The summed E-state index contributed by atoms with van der Waals surface area (Å²) in [6.07, 6.45) is 1.53. The molecule has 2 heterocycles. The maximum absolute atomic E-state index is 12.4. The zero-order chi connectivity index (χ0) is 18.1. The van der Waals surface area contributed by atoms with Gasteiger partial charge in [0.15, 0.2) is 10.8 Å². The fraction of sp³-hybridized carbons (Fsp3) is 0.105. The number of fused-ring (bicyclic) bond motifs is 1. The number of H-pyrrole nitrogens is 1. The fourth-order valence-corrected chi connectivity index (χ4v) is 3.73. The number of nitrogens with zero attached hydrogens (tertiary/aromatic N) is 3. The number of aromatic amines is 1. The van der Waals surface area contributed by atoms with Crippen LogP contribution in [0.4, 0.5) is 0 Å². The Hall–Kier alpha value is -2.57. The molecule has 0 saturated carbocycles. The molecule has 1 N–H and O–H groups in total. The Bertz CT molecular complexity index is 1110. The summed E-state index contributed by atoms with van der Waals surface area (Å²) in [5.41, 5.74) is 2.30. The van der Waals surface area contributed by atoms with Crippen molar-refractivity contribution >= 4 is 34.4 Å². The highest BCUT2D eigenvalue weighted by Gasteiger charge is 2.14. The normalized spacial score (nSPS) is 12.4. The first-order valence-corrected chi connectivity index (χ1v) is 9.33. The molecule has 2 aromatic carbocycles. The van der Waals surface area contributed by atoms with Crippen molar-refractivity contribution in [3.05, 3.63) is 81.7 Å². The number of halogens is 1. The van der Waals surface area contributed by atoms with Gasteiger partial charge in [0.05, 0.1) is 11.9 Å². The third-order valence-corrected chi connectivity index (χ3v) is 5.34. The smallest absolute Gasteiger partial charge is 0.262 e. The van der Waals surface area contributed by atoms with Gasteiger partial charge in [-0.2, -0.15) is 5.10 Å². The van der Waals surface area contributed by atoms with Crippen LogP contribution in [0.15, 0.2) is 70.7 Å². The van der Waals surface area contributed by atoms with Gasteiger partial charge in [-0.15, -0.1) is 0 Å². The molecule has 0 aliphatic carbocycles. The summed E-state index contributed by atoms with van der Waals surface area (Å²) in [5.74, 6) is 0. The van der Waals surface area contributed by atoms with Crippen LogP contribution in [0.1, 0.15) is 17.7 Å². The quantitative estimate of drug-likeness (QED) is 0.413. The number of nitrogens with one attached hydrogen (secondary N) is 1. The molecule has 0 bridgehead atoms. The van der Waals surface area contributed by atoms with E-state index in [1.807, 2.05) is 30.3 Å². The van der Waals surface area contributed by atoms with Gasteiger partial charge in [0.2, 0.25) is 0 Å². The second-order valence-electron chi connectivity index (χ2n) is 5.81. The fourth-order valence-electron chi connectivity index (χ4n) is 2.68. The Morgan fingerprint density at radius 1 is 1.12 bits per heavy atom. The van der Waals surface area contributed by atoms with Gasteiger partial charge in [0.25, 0.3) is 5.56 Å². The maximum Gasteiger partial charge on any atom is 0.262 e. The number of hydrogen-bond acceptors (Lipinski definition) is 4. The summed E-state index contributed by atoms with van der Waals surface area (Å²) in [7, 11) is 0. The molecule has 2 aromatic heterocycles. The summed E-state index contributed by atoms with van der Waals surface area (Å²) in [6.45, 7) is 2.08. The highest BCUT2D eigenvalue weighted by Crippen LogP contribution is 2.32. The SMILES string of the molecule is C[C@H](Sc1nc2c(cnn2-c2ccc(Cl)cc2)c(=O)[nH]1)c1ccccc1. The van der Waals surface area contributed by atoms with Gasteiger partial charge < -0.3 is 4.98 Å². The van der Waals surface area contributed by atoms with E-state index in [1.54, 1.807) is 16.8 Å². The molecule has 0 spiro atoms. The summed E-state index contributed by atoms with van der Waals surface area (Å²) in [5, 5.41) is 6.13. The van der Waals surface area contributed by atoms with E-state index in [9.17, 15) is 4.79 Å². The van der Waals surface area contributed by atoms with Gasteiger partial charge >= 0.3 is 0 Å². The van der Waals surface area contributed by atoms with Crippen molar-refractivity contribution in [1.29, 1.82) is 0 Å². The van der Waals surface area contributed by atoms with Crippen LogP contribution in [-0.4, -0.2) is 19.7 Å². The Kier molecular flexibility index (Phi) is 4.53. The third kappa shape index (κ3) is 3.25. The summed E-state index contributed by atoms with van der Waals surface area (Å²) in [6, 6.07) is 17.4. The minimum atomic E-state index is -0.196. The number of benzene rings is 2. The lowest BCUT2D eigenvalue weighted by molar-refractivity contribution is 0.871. The van der Waals surface area contributed by atoms with Crippen LogP contribution in [0, 0.1) is 0 Å². The molecule has 7 heteroatoms. The molecule has 26 heavy (non-hydrogen) atoms. The van der Waals surface area contributed by atoms with Crippen molar-refractivity contribution in [3.63, 3.8) is 0 Å². The van der Waals surface area contributed by atoms with Crippen molar-refractivity contribution in [2.75, 3.05) is 0 Å². The van der Waals surface area contributed by atoms with E-state index < -0.39 is 0 Å². The largest absolute Gasteiger partial charge is 0.301 e. The molecule has 0 aliphatic rings. The van der Waals surface area contributed by atoms with Gasteiger partial charge in [-0.1, -0.05) is 53.7 Å². The van der Waals surface area contributed by atoms with E-state index in [-0.39, 0.29) is 10.8 Å². The maximum atomic E-state index is 12.4. The van der Waals surface area contributed by atoms with Crippen LogP contribution >= 0.6 is 23.4 Å². The first kappa shape index (κ1) is 16.9. The van der Waals surface area contributed by atoms with Crippen molar-refractivity contribution in [2.24, 2.45) is 0 Å². The van der Waals surface area contributed by atoms with Crippen LogP contribution in [0.5, 0.6) is 0 Å². The Morgan fingerprint density at radius 3 is 2.58 bits per heavy atom. The second-order valence-corrected chi connectivity index (χ2v) is 7.58. The molecular weight excluding hydrogens is 368 g/mol. The Labute approximate surface area is 159 Å². The first-order chi connectivity index (χ1) is 12.6. The molecule has 130 valence electrons. The number of rotatable bonds is 4. The molecule has 4 aromatic rings. The number of thioether (sulfide) groups is 1. The first-order valence-electron chi connectivity index (χ1n) is 8.07. The standard InChI is InChI=1S/C19H15ClN4OS/c1-12(13-5-3-2-4-6-13)26-19-22-17-16(18(25)23-19)11-21-24(17)15-9-7-14(20)8-10-15/h2-12H,1H3,(H,22,23,25)/t12-/m0/s1. The molecule has 0 aliphatic heterocycles. The number of hydrogen-bond donors (Lipinski definition) is 1. The lowest BCUT2D eigenvalue weighted by Gasteiger charge is -2.11. The van der Waals surface area contributed by atoms with E-state index in [0.717, 1.165) is 5.69 Å². The molecular formula is C19H15ClN4OS. The van der Waals surface area contributed by atoms with Gasteiger partial charge in [0.1, 0.15) is 5.39 Å². The Morgan fingerprint density at radius 2 is 1.85 bits per heavy atom. The lowest BCUT2D eigenvalue weighted by atomic mass is 10.2. The minimum absolute atomic E-state index is 0.156. The summed E-state index contributed by atoms with van der Waals surface area (Å²) < 4.78 is 1.65. The average molecular weight is 383 g/mol. The topological polar surface area (TPSA) is 63.6 Å². The van der Waals surface area contributed by atoms with Crippen LogP contribution in [0.2, 0.25) is 5.02 Å². The minimum Gasteiger partial charge on any atom is -0.301 e. The van der Waals surface area contributed by atoms with Crippen molar-refractivity contribution in [2.45, 2.75) is 17.3 Å². The van der Waals surface area contributed by atoms with Crippen LogP contribution in [0.25, 0.3) is 16.7 Å². The van der Waals surface area contributed by atoms with E-state index >= 15 is 0 Å². The number of aromatic nitrogens is 4. The van der Waals surface area contributed by atoms with Crippen LogP contribution < -0.4 is 5.56 Å². The molecule has 0 amide bonds. The van der Waals surface area contributed by atoms with Crippen molar-refractivity contribution < 1.29 is 0 Å². The van der Waals surface area contributed by atoms with Crippen LogP contribution in [-0.2, 0) is 0 Å². The molecule has 1 atom stereocenters. The summed E-state index contributed by atoms with van der Waals surface area (Å²) in [4.78, 5) is 19.9. The van der Waals surface area contributed by atoms with E-state index in [0.29, 0.717) is 21.2 Å². The zero-order valence-corrected chi connectivity index (χ0v) is 15.5. The predicted molar refractivity (Wildman–Crippen MR) is 105 cm³/mol. The summed E-state index contributed by atoms with van der Waals surface area (Å²) >= 11 is 7.46. The average Bonchev–Trinajstić information content (AvgIpc) is 3.07. The van der Waals surface area contributed by atoms with E-state index in [4.69, 9.17) is 11.6 Å². The van der Waals surface area contributed by atoms with Crippen LogP contribution in [0.3, 0.4) is 0 Å². The van der Waals surface area contributed by atoms with Gasteiger partial charge in [-0.05, 0) is 36.8 Å². The van der Waals surface area contributed by atoms with E-state index in [1.165, 1.54) is 23.5 Å². The third-order valence-electron chi connectivity index (χ3n) is 4.04. The predicted octanol–water partition coefficient (Wildman–Crippen LogP) is 4.62. The Balaban J connectivity index is 1.74. The van der Waals surface area contributed by atoms with Gasteiger partial charge in [-0.25, -0.2) is 9.67 Å². The molecule has 0 radical (unpaired) electrons. The van der Waals surface area contributed by atoms with Crippen molar-refractivity contribution in [1.82, 2.24) is 19.7 Å². The van der Waals surface area contributed by atoms with Crippen molar-refractivity contribution in [3.8, 4) is 5.69 Å². The van der Waals surface area contributed by atoms with E-state index in [2.05, 4.69) is 34.1 Å².